The molecule has 1 fully saturated rings. The van der Waals surface area contributed by atoms with Crippen molar-refractivity contribution in [3.63, 3.8) is 0 Å². The molecule has 0 bridgehead atoms. The summed E-state index contributed by atoms with van der Waals surface area (Å²) in [4.78, 5) is 3.78. The molecule has 0 saturated carbocycles. The van der Waals surface area contributed by atoms with Crippen LogP contribution in [0.1, 0.15) is 12.8 Å². The van der Waals surface area contributed by atoms with Crippen LogP contribution in [0.5, 0.6) is 0 Å². The Labute approximate surface area is 74.2 Å². The first-order chi connectivity index (χ1) is 6.00. The summed E-state index contributed by atoms with van der Waals surface area (Å²) >= 11 is 0. The maximum absolute atomic E-state index is 4.94. The molecule has 0 amide bonds. The lowest BCUT2D eigenvalue weighted by Crippen LogP contribution is -2.06. The number of hydrogen-bond acceptors (Lipinski definition) is 2. The second-order valence-electron chi connectivity index (χ2n) is 2.56. The predicted molar refractivity (Wildman–Crippen MR) is 50.0 cm³/mol. The molecule has 1 aliphatic rings. The van der Waals surface area contributed by atoms with Gasteiger partial charge in [-0.1, -0.05) is 18.8 Å². The first-order valence-corrected chi connectivity index (χ1v) is 4.28. The Kier molecular flexibility index (Phi) is 5.30. The third-order valence-electron chi connectivity index (χ3n) is 1.52. The van der Waals surface area contributed by atoms with Gasteiger partial charge in [-0.2, -0.15) is 0 Å². The highest BCUT2D eigenvalue weighted by Crippen LogP contribution is 2.01. The summed E-state index contributed by atoms with van der Waals surface area (Å²) in [5, 5.41) is 0. The molecule has 0 spiro atoms. The van der Waals surface area contributed by atoms with Gasteiger partial charge < -0.3 is 4.65 Å². The van der Waals surface area contributed by atoms with Gasteiger partial charge >= 0.3 is 0 Å². The highest BCUT2D eigenvalue weighted by atomic mass is 16.4. The molecular formula is C9H13BNO. The van der Waals surface area contributed by atoms with E-state index in [0.717, 1.165) is 12.9 Å². The van der Waals surface area contributed by atoms with E-state index >= 15 is 0 Å². The number of nitrogens with zero attached hydrogens (tertiary/aromatic N) is 1. The van der Waals surface area contributed by atoms with Crippen molar-refractivity contribution in [2.75, 3.05) is 6.61 Å². The lowest BCUT2D eigenvalue weighted by Gasteiger charge is -2.06. The third-order valence-corrected chi connectivity index (χ3v) is 1.52. The zero-order valence-electron chi connectivity index (χ0n) is 7.15. The molecule has 2 rings (SSSR count). The van der Waals surface area contributed by atoms with Gasteiger partial charge in [-0.25, -0.2) is 0 Å². The van der Waals surface area contributed by atoms with Crippen LogP contribution in [-0.2, 0) is 4.65 Å². The number of hydrogen-bond donors (Lipinski definition) is 0. The predicted octanol–water partition coefficient (Wildman–Crippen LogP) is 1.92. The van der Waals surface area contributed by atoms with Gasteiger partial charge in [0, 0.05) is 19.0 Å². The molecule has 0 aromatic carbocycles. The normalized spacial score (nSPS) is 15.3. The van der Waals surface area contributed by atoms with Crippen molar-refractivity contribution >= 4 is 7.48 Å². The molecule has 3 heteroatoms. The van der Waals surface area contributed by atoms with Crippen molar-refractivity contribution in [1.82, 2.24) is 4.98 Å². The van der Waals surface area contributed by atoms with E-state index in [-0.39, 0.29) is 0 Å². The molecule has 0 atom stereocenters. The Morgan fingerprint density at radius 1 is 1.08 bits per heavy atom. The summed E-state index contributed by atoms with van der Waals surface area (Å²) in [6.45, 7) is 0.944. The monoisotopic (exact) mass is 162 g/mol. The molecule has 2 heterocycles. The second kappa shape index (κ2) is 6.86. The van der Waals surface area contributed by atoms with Crippen molar-refractivity contribution in [2.45, 2.75) is 19.2 Å². The fourth-order valence-electron chi connectivity index (χ4n) is 0.892. The van der Waals surface area contributed by atoms with Gasteiger partial charge in [-0.15, -0.1) is 0 Å². The molecule has 0 aliphatic carbocycles. The minimum absolute atomic E-state index is 0.944. The summed E-state index contributed by atoms with van der Waals surface area (Å²) in [7, 11) is 1.89. The van der Waals surface area contributed by atoms with E-state index in [9.17, 15) is 0 Å². The van der Waals surface area contributed by atoms with E-state index in [0.29, 0.717) is 0 Å². The number of pyridine rings is 1. The molecular weight excluding hydrogens is 149 g/mol. The average molecular weight is 162 g/mol. The first kappa shape index (κ1) is 9.26. The van der Waals surface area contributed by atoms with Gasteiger partial charge in [0.1, 0.15) is 0 Å². The SMILES string of the molecule is [B]1CCCCO1.c1ccncc1. The van der Waals surface area contributed by atoms with Crippen molar-refractivity contribution in [3.05, 3.63) is 30.6 Å². The zero-order valence-corrected chi connectivity index (χ0v) is 7.15. The molecule has 1 aliphatic heterocycles. The highest BCUT2D eigenvalue weighted by molar-refractivity contribution is 6.27. The maximum atomic E-state index is 4.94. The van der Waals surface area contributed by atoms with Crippen LogP contribution in [0, 0.1) is 0 Å². The molecule has 0 unspecified atom stereocenters. The molecule has 1 saturated heterocycles. The van der Waals surface area contributed by atoms with Gasteiger partial charge in [0.05, 0.1) is 0 Å². The van der Waals surface area contributed by atoms with Crippen molar-refractivity contribution < 1.29 is 4.65 Å². The molecule has 1 aromatic heterocycles. The third kappa shape index (κ3) is 4.91. The highest BCUT2D eigenvalue weighted by Gasteiger charge is 1.98. The summed E-state index contributed by atoms with van der Waals surface area (Å²) in [5.74, 6) is 0. The van der Waals surface area contributed by atoms with Crippen LogP contribution in [0.2, 0.25) is 6.32 Å². The largest absolute Gasteiger partial charge is 0.440 e. The molecule has 63 valence electrons. The molecule has 2 nitrogen and oxygen atoms in total. The summed E-state index contributed by atoms with van der Waals surface area (Å²) in [6.07, 6.45) is 7.22. The van der Waals surface area contributed by atoms with Gasteiger partial charge in [-0.05, 0) is 18.6 Å². The fourth-order valence-corrected chi connectivity index (χ4v) is 0.892. The smallest absolute Gasteiger partial charge is 0.292 e. The quantitative estimate of drug-likeness (QED) is 0.543. The van der Waals surface area contributed by atoms with Crippen LogP contribution in [0.25, 0.3) is 0 Å². The topological polar surface area (TPSA) is 22.1 Å². The lowest BCUT2D eigenvalue weighted by molar-refractivity contribution is 0.304. The van der Waals surface area contributed by atoms with E-state index in [1.807, 2.05) is 25.7 Å². The van der Waals surface area contributed by atoms with Gasteiger partial charge in [-0.3, -0.25) is 4.98 Å². The van der Waals surface area contributed by atoms with Crippen molar-refractivity contribution in [3.8, 4) is 0 Å². The molecule has 12 heavy (non-hydrogen) atoms. The average Bonchev–Trinajstić information content (AvgIpc) is 2.24. The maximum Gasteiger partial charge on any atom is 0.292 e. The lowest BCUT2D eigenvalue weighted by atomic mass is 9.89. The van der Waals surface area contributed by atoms with Gasteiger partial charge in [0.15, 0.2) is 0 Å². The minimum atomic E-state index is 0.944. The van der Waals surface area contributed by atoms with Crippen molar-refractivity contribution in [2.24, 2.45) is 0 Å². The minimum Gasteiger partial charge on any atom is -0.440 e. The Bertz CT molecular complexity index is 139. The van der Waals surface area contributed by atoms with Crippen LogP contribution in [-0.4, -0.2) is 19.1 Å². The number of aromatic nitrogens is 1. The van der Waals surface area contributed by atoms with Crippen LogP contribution in [0.4, 0.5) is 0 Å². The van der Waals surface area contributed by atoms with E-state index in [2.05, 4.69) is 4.98 Å². The summed E-state index contributed by atoms with van der Waals surface area (Å²) < 4.78 is 4.94. The first-order valence-electron chi connectivity index (χ1n) is 4.28. The standard InChI is InChI=1S/C5H5N.C4H8BO/c2*1-2-4-6-5-3-1/h1-5H;1-4H2. The Hall–Kier alpha value is -0.825. The zero-order chi connectivity index (χ0) is 8.49. The molecule has 1 radical (unpaired) electrons. The van der Waals surface area contributed by atoms with Crippen LogP contribution in [0.3, 0.4) is 0 Å². The summed E-state index contributed by atoms with van der Waals surface area (Å²) in [5.41, 5.74) is 0. The van der Waals surface area contributed by atoms with Crippen LogP contribution < -0.4 is 0 Å². The van der Waals surface area contributed by atoms with E-state index in [1.165, 1.54) is 12.8 Å². The van der Waals surface area contributed by atoms with Crippen molar-refractivity contribution in [1.29, 1.82) is 0 Å². The van der Waals surface area contributed by atoms with E-state index in [1.54, 1.807) is 12.4 Å². The molecule has 1 aromatic rings. The van der Waals surface area contributed by atoms with Gasteiger partial charge in [0.25, 0.3) is 7.48 Å². The Morgan fingerprint density at radius 3 is 2.08 bits per heavy atom. The van der Waals surface area contributed by atoms with Gasteiger partial charge in [0.2, 0.25) is 0 Å². The Morgan fingerprint density at radius 2 is 1.92 bits per heavy atom. The second-order valence-corrected chi connectivity index (χ2v) is 2.56. The van der Waals surface area contributed by atoms with Crippen LogP contribution >= 0.6 is 0 Å². The fraction of sp³-hybridized carbons (Fsp3) is 0.444. The van der Waals surface area contributed by atoms with E-state index < -0.39 is 0 Å². The number of rotatable bonds is 0. The van der Waals surface area contributed by atoms with E-state index in [4.69, 9.17) is 4.65 Å². The summed E-state index contributed by atoms with van der Waals surface area (Å²) in [6, 6.07) is 5.72. The Balaban J connectivity index is 0.000000120. The van der Waals surface area contributed by atoms with Crippen LogP contribution in [0.15, 0.2) is 30.6 Å². The molecule has 0 N–H and O–H groups in total.